The van der Waals surface area contributed by atoms with E-state index in [0.717, 1.165) is 42.8 Å². The monoisotopic (exact) mass is 526 g/mol. The molecular weight excluding hydrogens is 472 g/mol. The molecule has 6 nitrogen and oxygen atoms in total. The number of nitrogens with zero attached hydrogens (tertiary/aromatic N) is 3. The standard InChI is InChI=1S/C32H54N4O2/c1-7-23-27-19-20(2)15-17-32(27,6)26-16-18-31(5)24(13-14-25(31)29(26)30(23)38-22(4)37)21(3)11-9-8-10-12-28-33-35-36-34-28/h20-21,23-27,29-30H,7-19H2,1-6H3,(H,33,34,35,36)/t20-,21-,23-,24-,25+,26+,27+,29+,30-,31-,32-/m1/s1. The first-order chi connectivity index (χ1) is 18.2. The van der Waals surface area contributed by atoms with E-state index in [1.807, 2.05) is 0 Å². The maximum absolute atomic E-state index is 12.5. The largest absolute Gasteiger partial charge is 0.462 e. The molecule has 11 atom stereocenters. The zero-order valence-corrected chi connectivity index (χ0v) is 25.0. The van der Waals surface area contributed by atoms with Crippen LogP contribution >= 0.6 is 0 Å². The lowest BCUT2D eigenvalue weighted by Crippen LogP contribution is -2.62. The Hall–Kier alpha value is -1.46. The molecule has 0 aliphatic heterocycles. The Morgan fingerprint density at radius 2 is 1.82 bits per heavy atom. The van der Waals surface area contributed by atoms with Gasteiger partial charge in [0.25, 0.3) is 0 Å². The van der Waals surface area contributed by atoms with E-state index in [9.17, 15) is 4.79 Å². The minimum atomic E-state index is -0.0596. The summed E-state index contributed by atoms with van der Waals surface area (Å²) in [6.45, 7) is 14.3. The van der Waals surface area contributed by atoms with Crippen LogP contribution in [0.5, 0.6) is 0 Å². The van der Waals surface area contributed by atoms with Crippen molar-refractivity contribution in [2.45, 2.75) is 131 Å². The topological polar surface area (TPSA) is 80.8 Å². The van der Waals surface area contributed by atoms with Crippen molar-refractivity contribution >= 4 is 5.97 Å². The quantitative estimate of drug-likeness (QED) is 0.268. The van der Waals surface area contributed by atoms with Gasteiger partial charge >= 0.3 is 5.97 Å². The summed E-state index contributed by atoms with van der Waals surface area (Å²) in [5.41, 5.74) is 0.797. The molecule has 38 heavy (non-hydrogen) atoms. The van der Waals surface area contributed by atoms with Crippen LogP contribution in [0.15, 0.2) is 0 Å². The number of esters is 1. The van der Waals surface area contributed by atoms with Gasteiger partial charge in [-0.2, -0.15) is 5.21 Å². The van der Waals surface area contributed by atoms with E-state index in [4.69, 9.17) is 4.74 Å². The van der Waals surface area contributed by atoms with Crippen LogP contribution in [0, 0.1) is 58.2 Å². The fraction of sp³-hybridized carbons (Fsp3) is 0.938. The van der Waals surface area contributed by atoms with Crippen molar-refractivity contribution in [3.05, 3.63) is 5.82 Å². The molecule has 0 aromatic carbocycles. The summed E-state index contributed by atoms with van der Waals surface area (Å²) < 4.78 is 6.41. The fourth-order valence-corrected chi connectivity index (χ4v) is 10.9. The first kappa shape index (κ1) is 28.1. The van der Waals surface area contributed by atoms with E-state index in [2.05, 4.69) is 55.2 Å². The molecule has 1 heterocycles. The molecular formula is C32H54N4O2. The van der Waals surface area contributed by atoms with Crippen molar-refractivity contribution < 1.29 is 9.53 Å². The third-order valence-corrected chi connectivity index (χ3v) is 12.7. The number of rotatable bonds is 9. The number of tetrazole rings is 1. The van der Waals surface area contributed by atoms with Gasteiger partial charge in [0, 0.05) is 19.3 Å². The number of H-pyrrole nitrogens is 1. The molecule has 4 aliphatic rings. The second-order valence-electron chi connectivity index (χ2n) is 14.6. The van der Waals surface area contributed by atoms with Crippen molar-refractivity contribution in [1.29, 1.82) is 0 Å². The van der Waals surface area contributed by atoms with Crippen LogP contribution in [-0.2, 0) is 16.0 Å². The number of ether oxygens (including phenoxy) is 1. The minimum absolute atomic E-state index is 0.0596. The van der Waals surface area contributed by atoms with Gasteiger partial charge in [0.1, 0.15) is 6.10 Å². The number of aryl methyl sites for hydroxylation is 1. The Labute approximate surface area is 231 Å². The lowest BCUT2D eigenvalue weighted by molar-refractivity contribution is -0.213. The predicted molar refractivity (Wildman–Crippen MR) is 150 cm³/mol. The molecule has 6 heteroatoms. The number of unbranched alkanes of at least 4 members (excludes halogenated alkanes) is 2. The van der Waals surface area contributed by atoms with Crippen LogP contribution < -0.4 is 0 Å². The smallest absolute Gasteiger partial charge is 0.302 e. The van der Waals surface area contributed by atoms with Crippen LogP contribution in [0.3, 0.4) is 0 Å². The van der Waals surface area contributed by atoms with Crippen LogP contribution in [-0.4, -0.2) is 32.7 Å². The normalized spacial score (nSPS) is 43.1. The van der Waals surface area contributed by atoms with Gasteiger partial charge in [-0.1, -0.05) is 65.5 Å². The van der Waals surface area contributed by atoms with E-state index in [0.29, 0.717) is 40.4 Å². The van der Waals surface area contributed by atoms with Crippen LogP contribution in [0.1, 0.15) is 124 Å². The van der Waals surface area contributed by atoms with E-state index in [1.165, 1.54) is 64.2 Å². The van der Waals surface area contributed by atoms with Crippen molar-refractivity contribution in [2.24, 2.45) is 58.2 Å². The second kappa shape index (κ2) is 11.2. The Bertz CT molecular complexity index is 936. The van der Waals surface area contributed by atoms with E-state index in [-0.39, 0.29) is 12.1 Å². The van der Waals surface area contributed by atoms with Gasteiger partial charge in [0.2, 0.25) is 0 Å². The third kappa shape index (κ3) is 4.96. The number of fused-ring (bicyclic) bond motifs is 5. The number of aromatic amines is 1. The van der Waals surface area contributed by atoms with Crippen LogP contribution in [0.4, 0.5) is 0 Å². The lowest BCUT2D eigenvalue weighted by atomic mass is 9.41. The highest BCUT2D eigenvalue weighted by Crippen LogP contribution is 2.70. The molecule has 4 saturated carbocycles. The van der Waals surface area contributed by atoms with Crippen LogP contribution in [0.25, 0.3) is 0 Å². The zero-order valence-electron chi connectivity index (χ0n) is 25.0. The molecule has 1 N–H and O–H groups in total. The highest BCUT2D eigenvalue weighted by Gasteiger charge is 2.65. The molecule has 4 aliphatic carbocycles. The fourth-order valence-electron chi connectivity index (χ4n) is 10.9. The molecule has 0 bridgehead atoms. The number of carbonyl (C=O) groups excluding carboxylic acids is 1. The second-order valence-corrected chi connectivity index (χ2v) is 14.6. The minimum Gasteiger partial charge on any atom is -0.462 e. The number of hydrogen-bond acceptors (Lipinski definition) is 5. The molecule has 4 fully saturated rings. The molecule has 0 amide bonds. The Morgan fingerprint density at radius 1 is 1.05 bits per heavy atom. The van der Waals surface area contributed by atoms with Crippen molar-refractivity contribution in [1.82, 2.24) is 20.6 Å². The number of hydrogen-bond donors (Lipinski definition) is 1. The molecule has 0 unspecified atom stereocenters. The van der Waals surface area contributed by atoms with Crippen molar-refractivity contribution in [2.75, 3.05) is 0 Å². The maximum Gasteiger partial charge on any atom is 0.302 e. The lowest BCUT2D eigenvalue weighted by Gasteiger charge is -2.65. The molecule has 0 spiro atoms. The molecule has 0 radical (unpaired) electrons. The summed E-state index contributed by atoms with van der Waals surface area (Å²) in [4.78, 5) is 12.5. The molecule has 5 rings (SSSR count). The first-order valence-corrected chi connectivity index (χ1v) is 16.1. The Balaban J connectivity index is 1.31. The molecule has 214 valence electrons. The van der Waals surface area contributed by atoms with E-state index >= 15 is 0 Å². The van der Waals surface area contributed by atoms with E-state index in [1.54, 1.807) is 6.92 Å². The predicted octanol–water partition coefficient (Wildman–Crippen LogP) is 7.41. The summed E-state index contributed by atoms with van der Waals surface area (Å²) in [5.74, 6) is 6.30. The summed E-state index contributed by atoms with van der Waals surface area (Å²) in [6.07, 6.45) is 16.6. The molecule has 1 aromatic heterocycles. The summed E-state index contributed by atoms with van der Waals surface area (Å²) in [7, 11) is 0. The third-order valence-electron chi connectivity index (χ3n) is 12.7. The van der Waals surface area contributed by atoms with Gasteiger partial charge in [-0.15, -0.1) is 10.2 Å². The number of carbonyl (C=O) groups is 1. The summed E-state index contributed by atoms with van der Waals surface area (Å²) >= 11 is 0. The van der Waals surface area contributed by atoms with Gasteiger partial charge in [0.15, 0.2) is 5.82 Å². The van der Waals surface area contributed by atoms with Gasteiger partial charge in [-0.05, 0) is 104 Å². The van der Waals surface area contributed by atoms with Crippen molar-refractivity contribution in [3.8, 4) is 0 Å². The summed E-state index contributed by atoms with van der Waals surface area (Å²) in [5, 5.41) is 14.4. The van der Waals surface area contributed by atoms with Crippen molar-refractivity contribution in [3.63, 3.8) is 0 Å². The number of nitrogens with one attached hydrogen (secondary N) is 1. The first-order valence-electron chi connectivity index (χ1n) is 16.1. The Kier molecular flexibility index (Phi) is 8.27. The zero-order chi connectivity index (χ0) is 27.1. The average Bonchev–Trinajstić information content (AvgIpc) is 3.52. The maximum atomic E-state index is 12.5. The molecule has 0 saturated heterocycles. The molecule has 1 aromatic rings. The van der Waals surface area contributed by atoms with Gasteiger partial charge in [0.05, 0.1) is 0 Å². The Morgan fingerprint density at radius 3 is 2.53 bits per heavy atom. The van der Waals surface area contributed by atoms with E-state index < -0.39 is 0 Å². The SMILES string of the molecule is CC[C@H]1[C@@H](OC(C)=O)[C@@H]2[C@H](CC[C@]3(C)[C@@H]([C@H](C)CCCCCc4nn[nH]n4)CC[C@@H]23)[C@@]2(C)CC[C@@H](C)C[C@@H]12. The summed E-state index contributed by atoms with van der Waals surface area (Å²) in [6, 6.07) is 0. The average molecular weight is 527 g/mol. The van der Waals surface area contributed by atoms with Crippen LogP contribution in [0.2, 0.25) is 0 Å². The van der Waals surface area contributed by atoms with Gasteiger partial charge in [-0.3, -0.25) is 4.79 Å². The van der Waals surface area contributed by atoms with Gasteiger partial charge in [-0.25, -0.2) is 0 Å². The highest BCUT2D eigenvalue weighted by atomic mass is 16.5. The van der Waals surface area contributed by atoms with Gasteiger partial charge < -0.3 is 4.74 Å². The number of aromatic nitrogens is 4. The highest BCUT2D eigenvalue weighted by molar-refractivity contribution is 5.66.